The highest BCUT2D eigenvalue weighted by molar-refractivity contribution is 5.88. The van der Waals surface area contributed by atoms with Crippen LogP contribution in [0, 0.1) is 10.1 Å². The molecule has 2 unspecified atom stereocenters. The Balaban J connectivity index is 1.71. The second-order valence-corrected chi connectivity index (χ2v) is 5.93. The Kier molecular flexibility index (Phi) is 3.43. The highest BCUT2D eigenvalue weighted by Gasteiger charge is 2.27. The predicted octanol–water partition coefficient (Wildman–Crippen LogP) is 4.49. The first-order valence-corrected chi connectivity index (χ1v) is 7.82. The average Bonchev–Trinajstić information content (AvgIpc) is 2.61. The zero-order valence-electron chi connectivity index (χ0n) is 13.1. The molecule has 2 atom stereocenters. The minimum absolute atomic E-state index is 0.0778. The van der Waals surface area contributed by atoms with Crippen LogP contribution in [0.1, 0.15) is 30.3 Å². The maximum absolute atomic E-state index is 10.8. The summed E-state index contributed by atoms with van der Waals surface area (Å²) in [5.41, 5.74) is 2.09. The van der Waals surface area contributed by atoms with Gasteiger partial charge in [-0.05, 0) is 35.9 Å². The number of hydrogen-bond donors (Lipinski definition) is 1. The fourth-order valence-corrected chi connectivity index (χ4v) is 3.23. The fourth-order valence-electron chi connectivity index (χ4n) is 3.23. The fraction of sp³-hybridized carbons (Fsp3) is 0.158. The molecule has 0 saturated carbocycles. The normalized spacial score (nSPS) is 19.5. The summed E-state index contributed by atoms with van der Waals surface area (Å²) in [7, 11) is 0. The monoisotopic (exact) mass is 320 g/mol. The van der Waals surface area contributed by atoms with Crippen LogP contribution in [-0.2, 0) is 0 Å². The van der Waals surface area contributed by atoms with Crippen LogP contribution in [0.4, 0.5) is 5.69 Å². The third-order valence-corrected chi connectivity index (χ3v) is 4.42. The van der Waals surface area contributed by atoms with Crippen molar-refractivity contribution < 1.29 is 9.66 Å². The molecular formula is C19H16N2O3. The van der Waals surface area contributed by atoms with Crippen LogP contribution in [0.25, 0.3) is 10.8 Å². The Morgan fingerprint density at radius 3 is 2.54 bits per heavy atom. The van der Waals surface area contributed by atoms with E-state index in [9.17, 15) is 10.1 Å². The third kappa shape index (κ3) is 2.39. The summed E-state index contributed by atoms with van der Waals surface area (Å²) in [5, 5.41) is 16.6. The molecule has 5 nitrogen and oxygen atoms in total. The second-order valence-electron chi connectivity index (χ2n) is 5.93. The van der Waals surface area contributed by atoms with Gasteiger partial charge in [0, 0.05) is 29.3 Å². The lowest BCUT2D eigenvalue weighted by Gasteiger charge is -2.33. The number of nitrogens with zero attached hydrogens (tertiary/aromatic N) is 1. The van der Waals surface area contributed by atoms with E-state index in [4.69, 9.17) is 4.74 Å². The average molecular weight is 320 g/mol. The van der Waals surface area contributed by atoms with Crippen molar-refractivity contribution in [3.63, 3.8) is 0 Å². The second kappa shape index (κ2) is 5.62. The molecule has 3 aromatic carbocycles. The number of nitrogens with one attached hydrogen (secondary N) is 1. The summed E-state index contributed by atoms with van der Waals surface area (Å²) in [4.78, 5) is 10.4. The Hall–Kier alpha value is -2.92. The van der Waals surface area contributed by atoms with Gasteiger partial charge < -0.3 is 4.74 Å². The molecule has 0 saturated heterocycles. The SMILES string of the molecule is CC1NC(c2ccc([N+](=O)[O-])cc2)Oc2ccc3ccccc3c21. The van der Waals surface area contributed by atoms with E-state index in [2.05, 4.69) is 30.4 Å². The van der Waals surface area contributed by atoms with Crippen molar-refractivity contribution in [1.29, 1.82) is 0 Å². The van der Waals surface area contributed by atoms with Crippen molar-refractivity contribution in [3.8, 4) is 5.75 Å². The van der Waals surface area contributed by atoms with Crippen LogP contribution in [0.15, 0.2) is 60.7 Å². The summed E-state index contributed by atoms with van der Waals surface area (Å²) in [6, 6.07) is 18.9. The van der Waals surface area contributed by atoms with Crippen LogP contribution < -0.4 is 10.1 Å². The molecule has 1 N–H and O–H groups in total. The first kappa shape index (κ1) is 14.7. The van der Waals surface area contributed by atoms with Crippen molar-refractivity contribution in [3.05, 3.63) is 81.9 Å². The van der Waals surface area contributed by atoms with E-state index in [1.54, 1.807) is 12.1 Å². The molecule has 0 radical (unpaired) electrons. The Labute approximate surface area is 139 Å². The molecule has 0 aromatic heterocycles. The van der Waals surface area contributed by atoms with Crippen LogP contribution in [0.3, 0.4) is 0 Å². The minimum atomic E-state index is -0.400. The highest BCUT2D eigenvalue weighted by atomic mass is 16.6. The lowest BCUT2D eigenvalue weighted by Crippen LogP contribution is -2.33. The van der Waals surface area contributed by atoms with E-state index in [0.29, 0.717) is 0 Å². The topological polar surface area (TPSA) is 64.4 Å². The van der Waals surface area contributed by atoms with E-state index < -0.39 is 4.92 Å². The molecule has 0 aliphatic carbocycles. The van der Waals surface area contributed by atoms with Gasteiger partial charge in [-0.1, -0.05) is 30.3 Å². The van der Waals surface area contributed by atoms with E-state index in [1.807, 2.05) is 18.2 Å². The van der Waals surface area contributed by atoms with Gasteiger partial charge in [0.25, 0.3) is 5.69 Å². The molecule has 1 aliphatic heterocycles. The van der Waals surface area contributed by atoms with Crippen LogP contribution in [0.5, 0.6) is 5.75 Å². The molecule has 0 amide bonds. The van der Waals surface area contributed by atoms with E-state index in [0.717, 1.165) is 16.9 Å². The zero-order valence-corrected chi connectivity index (χ0v) is 13.1. The van der Waals surface area contributed by atoms with E-state index in [1.165, 1.54) is 22.9 Å². The molecule has 120 valence electrons. The lowest BCUT2D eigenvalue weighted by atomic mass is 9.96. The van der Waals surface area contributed by atoms with Gasteiger partial charge in [0.05, 0.1) is 4.92 Å². The molecule has 0 bridgehead atoms. The van der Waals surface area contributed by atoms with Crippen molar-refractivity contribution >= 4 is 16.5 Å². The van der Waals surface area contributed by atoms with Gasteiger partial charge in [-0.3, -0.25) is 15.4 Å². The smallest absolute Gasteiger partial charge is 0.269 e. The van der Waals surface area contributed by atoms with Crippen molar-refractivity contribution in [1.82, 2.24) is 5.32 Å². The summed E-state index contributed by atoms with van der Waals surface area (Å²) < 4.78 is 6.12. The van der Waals surface area contributed by atoms with Crippen molar-refractivity contribution in [2.24, 2.45) is 0 Å². The first-order chi connectivity index (χ1) is 11.6. The number of rotatable bonds is 2. The molecule has 5 heteroatoms. The van der Waals surface area contributed by atoms with Gasteiger partial charge >= 0.3 is 0 Å². The van der Waals surface area contributed by atoms with E-state index >= 15 is 0 Å². The van der Waals surface area contributed by atoms with Gasteiger partial charge in [-0.25, -0.2) is 0 Å². The predicted molar refractivity (Wildman–Crippen MR) is 92.0 cm³/mol. The molecule has 24 heavy (non-hydrogen) atoms. The lowest BCUT2D eigenvalue weighted by molar-refractivity contribution is -0.384. The van der Waals surface area contributed by atoms with E-state index in [-0.39, 0.29) is 18.0 Å². The number of nitro benzene ring substituents is 1. The summed E-state index contributed by atoms with van der Waals surface area (Å²) in [5.74, 6) is 0.850. The molecule has 3 aromatic rings. The van der Waals surface area contributed by atoms with Crippen LogP contribution in [0.2, 0.25) is 0 Å². The Morgan fingerprint density at radius 2 is 1.79 bits per heavy atom. The largest absolute Gasteiger partial charge is 0.471 e. The van der Waals surface area contributed by atoms with Gasteiger partial charge in [0.15, 0.2) is 6.23 Å². The van der Waals surface area contributed by atoms with Crippen molar-refractivity contribution in [2.45, 2.75) is 19.2 Å². The van der Waals surface area contributed by atoms with Gasteiger partial charge in [-0.2, -0.15) is 0 Å². The molecule has 0 spiro atoms. The van der Waals surface area contributed by atoms with Gasteiger partial charge in [0.2, 0.25) is 0 Å². The number of non-ortho nitro benzene ring substituents is 1. The third-order valence-electron chi connectivity index (χ3n) is 4.42. The summed E-state index contributed by atoms with van der Waals surface area (Å²) in [6.07, 6.45) is -0.325. The van der Waals surface area contributed by atoms with Gasteiger partial charge in [-0.15, -0.1) is 0 Å². The maximum atomic E-state index is 10.8. The minimum Gasteiger partial charge on any atom is -0.471 e. The number of benzene rings is 3. The van der Waals surface area contributed by atoms with Crippen LogP contribution >= 0.6 is 0 Å². The quantitative estimate of drug-likeness (QED) is 0.558. The maximum Gasteiger partial charge on any atom is 0.269 e. The van der Waals surface area contributed by atoms with Crippen LogP contribution in [-0.4, -0.2) is 4.92 Å². The molecule has 0 fully saturated rings. The Morgan fingerprint density at radius 1 is 1.04 bits per heavy atom. The van der Waals surface area contributed by atoms with Gasteiger partial charge in [0.1, 0.15) is 5.75 Å². The summed E-state index contributed by atoms with van der Waals surface area (Å²) in [6.45, 7) is 2.10. The Bertz CT molecular complexity index is 922. The highest BCUT2D eigenvalue weighted by Crippen LogP contribution is 2.39. The summed E-state index contributed by atoms with van der Waals surface area (Å²) >= 11 is 0. The molecular weight excluding hydrogens is 304 g/mol. The first-order valence-electron chi connectivity index (χ1n) is 7.82. The molecule has 1 heterocycles. The standard InChI is InChI=1S/C19H16N2O3/c1-12-18-16-5-3-2-4-13(16)8-11-17(18)24-19(20-12)14-6-9-15(10-7-14)21(22)23/h2-12,19-20H,1H3. The number of fused-ring (bicyclic) bond motifs is 3. The molecule has 1 aliphatic rings. The number of ether oxygens (including phenoxy) is 1. The zero-order chi connectivity index (χ0) is 16.7. The number of nitro groups is 1. The molecule has 4 rings (SSSR count). The van der Waals surface area contributed by atoms with Crippen molar-refractivity contribution in [2.75, 3.05) is 0 Å². The number of hydrogen-bond acceptors (Lipinski definition) is 4.